The highest BCUT2D eigenvalue weighted by atomic mass is 16.5. The summed E-state index contributed by atoms with van der Waals surface area (Å²) in [5, 5.41) is 23.9. The van der Waals surface area contributed by atoms with Gasteiger partial charge in [-0.25, -0.2) is 0 Å². The normalized spacial score (nSPS) is 11.8. The van der Waals surface area contributed by atoms with Gasteiger partial charge in [-0.1, -0.05) is 81.7 Å². The molecule has 0 fully saturated rings. The second kappa shape index (κ2) is 12.3. The van der Waals surface area contributed by atoms with Crippen LogP contribution in [-0.4, -0.2) is 30.0 Å². The van der Waals surface area contributed by atoms with E-state index in [0.717, 1.165) is 23.8 Å². The number of aryl methyl sites for hydroxylation is 1. The predicted molar refractivity (Wildman–Crippen MR) is 145 cm³/mol. The maximum atomic E-state index is 13.9. The van der Waals surface area contributed by atoms with E-state index in [1.54, 1.807) is 4.57 Å². The van der Waals surface area contributed by atoms with Gasteiger partial charge in [-0.3, -0.25) is 9.36 Å². The first-order valence-corrected chi connectivity index (χ1v) is 13.2. The van der Waals surface area contributed by atoms with Crippen LogP contribution in [0.1, 0.15) is 76.0 Å². The van der Waals surface area contributed by atoms with Gasteiger partial charge in [0, 0.05) is 11.8 Å². The molecule has 38 heavy (non-hydrogen) atoms. The van der Waals surface area contributed by atoms with E-state index in [4.69, 9.17) is 8.94 Å². The van der Waals surface area contributed by atoms with Crippen LogP contribution in [-0.2, 0) is 12.8 Å². The summed E-state index contributed by atoms with van der Waals surface area (Å²) >= 11 is 0. The van der Waals surface area contributed by atoms with Gasteiger partial charge in [0.2, 0.25) is 11.8 Å². The number of rotatable bonds is 9. The number of hydrogen-bond acceptors (Lipinski definition) is 8. The van der Waals surface area contributed by atoms with E-state index in [2.05, 4.69) is 27.3 Å². The number of aromatic nitrogens is 5. The number of aromatic hydroxyl groups is 1. The third kappa shape index (κ3) is 5.37. The fourth-order valence-corrected chi connectivity index (χ4v) is 4.46. The molecule has 0 saturated heterocycles. The zero-order valence-corrected chi connectivity index (χ0v) is 22.2. The summed E-state index contributed by atoms with van der Waals surface area (Å²) in [6, 6.07) is 17.1. The molecule has 0 aliphatic carbocycles. The zero-order chi connectivity index (χ0) is 27.1. The lowest BCUT2D eigenvalue weighted by atomic mass is 10.0. The molecule has 2 aromatic carbocycles. The summed E-state index contributed by atoms with van der Waals surface area (Å²) in [4.78, 5) is 18.3. The first-order chi connectivity index (χ1) is 18.6. The van der Waals surface area contributed by atoms with Crippen molar-refractivity contribution in [3.05, 3.63) is 87.9 Å². The lowest BCUT2D eigenvalue weighted by molar-refractivity contribution is 0.424. The minimum Gasteiger partial charge on any atom is -0.493 e. The Balaban J connectivity index is 0.00000164. The zero-order valence-electron chi connectivity index (χ0n) is 22.2. The van der Waals surface area contributed by atoms with E-state index in [-0.39, 0.29) is 29.8 Å². The highest BCUT2D eigenvalue weighted by molar-refractivity contribution is 5.79. The molecule has 0 bridgehead atoms. The summed E-state index contributed by atoms with van der Waals surface area (Å²) in [5.41, 5.74) is 1.78. The molecule has 9 nitrogen and oxygen atoms in total. The van der Waals surface area contributed by atoms with Crippen LogP contribution < -0.4 is 5.56 Å². The van der Waals surface area contributed by atoms with E-state index in [1.807, 2.05) is 75.4 Å². The Bertz CT molecular complexity index is 1540. The Morgan fingerprint density at radius 2 is 1.74 bits per heavy atom. The molecule has 5 aromatic rings. The van der Waals surface area contributed by atoms with Crippen molar-refractivity contribution in [2.75, 3.05) is 0 Å². The number of fused-ring (bicyclic) bond motifs is 1. The van der Waals surface area contributed by atoms with Crippen LogP contribution in [0.15, 0.2) is 68.3 Å². The van der Waals surface area contributed by atoms with Crippen molar-refractivity contribution < 1.29 is 14.0 Å². The van der Waals surface area contributed by atoms with Gasteiger partial charge in [0.05, 0.1) is 12.5 Å². The van der Waals surface area contributed by atoms with Crippen LogP contribution in [0.3, 0.4) is 0 Å². The van der Waals surface area contributed by atoms with Crippen LogP contribution in [0.5, 0.6) is 5.88 Å². The maximum Gasteiger partial charge on any atom is 0.270 e. The van der Waals surface area contributed by atoms with Gasteiger partial charge in [-0.05, 0) is 30.5 Å². The third-order valence-corrected chi connectivity index (χ3v) is 6.26. The molecule has 3 aromatic heterocycles. The van der Waals surface area contributed by atoms with Crippen LogP contribution in [0, 0.1) is 0 Å². The van der Waals surface area contributed by atoms with E-state index in [0.29, 0.717) is 29.9 Å². The Labute approximate surface area is 221 Å². The molecule has 198 valence electrons. The van der Waals surface area contributed by atoms with Gasteiger partial charge in [0.1, 0.15) is 11.5 Å². The van der Waals surface area contributed by atoms with Crippen molar-refractivity contribution in [1.82, 2.24) is 24.9 Å². The average molecular weight is 516 g/mol. The van der Waals surface area contributed by atoms with E-state index < -0.39 is 11.4 Å². The van der Waals surface area contributed by atoms with Gasteiger partial charge >= 0.3 is 0 Å². The van der Waals surface area contributed by atoms with Crippen molar-refractivity contribution >= 4 is 11.0 Å². The van der Waals surface area contributed by atoms with Gasteiger partial charge in [-0.15, -0.1) is 10.2 Å². The third-order valence-electron chi connectivity index (χ3n) is 6.26. The second-order valence-corrected chi connectivity index (χ2v) is 8.64. The van der Waals surface area contributed by atoms with Crippen LogP contribution >= 0.6 is 0 Å². The lowest BCUT2D eigenvalue weighted by Crippen LogP contribution is -2.31. The molecule has 9 heteroatoms. The largest absolute Gasteiger partial charge is 0.493 e. The first kappa shape index (κ1) is 26.8. The van der Waals surface area contributed by atoms with Gasteiger partial charge < -0.3 is 14.0 Å². The maximum absolute atomic E-state index is 13.9. The smallest absolute Gasteiger partial charge is 0.270 e. The van der Waals surface area contributed by atoms with Crippen molar-refractivity contribution in [3.63, 3.8) is 0 Å². The summed E-state index contributed by atoms with van der Waals surface area (Å²) in [6.45, 7) is 8.09. The van der Waals surface area contributed by atoms with E-state index >= 15 is 0 Å². The van der Waals surface area contributed by atoms with Crippen LogP contribution in [0.2, 0.25) is 0 Å². The van der Waals surface area contributed by atoms with Crippen molar-refractivity contribution in [1.29, 1.82) is 0 Å². The molecule has 0 aliphatic rings. The van der Waals surface area contributed by atoms with E-state index in [1.165, 1.54) is 0 Å². The lowest BCUT2D eigenvalue weighted by Gasteiger charge is -2.23. The number of hydrogen-bond donors (Lipinski definition) is 1. The number of benzene rings is 2. The standard InChI is InChI=1S/C27H27N5O4.C2H6/c1-3-5-15-22-28-25(33)24(27(34)32(22)20(4-2)17-11-7-6-8-12-17)26-30-29-23(35-26)16-19-18-13-9-10-14-21(18)36-31-19;1-2/h6-14,20,33H,3-5,15-16H2,1-2H3;1-2H3/t20-;/m0./s1. The minimum absolute atomic E-state index is 0.0773. The SMILES string of the molecule is CC.CCCCc1nc(O)c(-c2nnc(Cc3noc4ccccc34)o2)c(=O)n1[C@@H](CC)c1ccccc1. The Morgan fingerprint density at radius 1 is 1.00 bits per heavy atom. The van der Waals surface area contributed by atoms with Crippen LogP contribution in [0.4, 0.5) is 0 Å². The summed E-state index contributed by atoms with van der Waals surface area (Å²) < 4.78 is 12.8. The quantitative estimate of drug-likeness (QED) is 0.250. The highest BCUT2D eigenvalue weighted by Gasteiger charge is 2.26. The monoisotopic (exact) mass is 515 g/mol. The average Bonchev–Trinajstić information content (AvgIpc) is 3.58. The number of nitrogens with zero attached hydrogens (tertiary/aromatic N) is 5. The molecule has 1 atom stereocenters. The Kier molecular flexibility index (Phi) is 8.68. The second-order valence-electron chi connectivity index (χ2n) is 8.64. The Hall–Kier alpha value is -4.27. The van der Waals surface area contributed by atoms with Crippen molar-refractivity contribution in [3.8, 4) is 17.3 Å². The van der Waals surface area contributed by atoms with Crippen molar-refractivity contribution in [2.24, 2.45) is 0 Å². The topological polar surface area (TPSA) is 120 Å². The molecule has 3 heterocycles. The van der Waals surface area contributed by atoms with Gasteiger partial charge in [0.15, 0.2) is 11.1 Å². The highest BCUT2D eigenvalue weighted by Crippen LogP contribution is 2.29. The molecular weight excluding hydrogens is 482 g/mol. The molecule has 5 rings (SSSR count). The van der Waals surface area contributed by atoms with Crippen molar-refractivity contribution in [2.45, 2.75) is 65.8 Å². The molecule has 0 aliphatic heterocycles. The molecular formula is C29H33N5O4. The predicted octanol–water partition coefficient (Wildman–Crippen LogP) is 6.10. The van der Waals surface area contributed by atoms with Gasteiger partial charge in [-0.2, -0.15) is 4.98 Å². The molecule has 0 saturated carbocycles. The minimum atomic E-state index is -0.411. The van der Waals surface area contributed by atoms with E-state index in [9.17, 15) is 9.90 Å². The molecule has 1 N–H and O–H groups in total. The fourth-order valence-electron chi connectivity index (χ4n) is 4.46. The summed E-state index contributed by atoms with van der Waals surface area (Å²) in [5.74, 6) is 0.297. The molecule has 0 amide bonds. The Morgan fingerprint density at radius 3 is 2.47 bits per heavy atom. The van der Waals surface area contributed by atoms with Gasteiger partial charge in [0.25, 0.3) is 11.4 Å². The van der Waals surface area contributed by atoms with Crippen LogP contribution in [0.25, 0.3) is 22.4 Å². The number of unbranched alkanes of at least 4 members (excludes halogenated alkanes) is 1. The fraction of sp³-hybridized carbons (Fsp3) is 0.345. The molecule has 0 radical (unpaired) electrons. The molecule has 0 spiro atoms. The summed E-state index contributed by atoms with van der Waals surface area (Å²) in [6.07, 6.45) is 3.24. The molecule has 0 unspecified atom stereocenters. The number of para-hydroxylation sites is 1. The first-order valence-electron chi connectivity index (χ1n) is 13.2. The summed E-state index contributed by atoms with van der Waals surface area (Å²) in [7, 11) is 0.